The SMILES string of the molecule is CC1=CC[C@@H]2C(=O)N(N(Cc3ccccc3)C(=O)c3ccc([N+](=O)[O-])cc3)C(=O)[C@H]2C1. The predicted molar refractivity (Wildman–Crippen MR) is 111 cm³/mol. The third kappa shape index (κ3) is 3.84. The molecule has 1 heterocycles. The van der Waals surface area contributed by atoms with Crippen molar-refractivity contribution in [2.75, 3.05) is 0 Å². The van der Waals surface area contributed by atoms with Gasteiger partial charge < -0.3 is 0 Å². The summed E-state index contributed by atoms with van der Waals surface area (Å²) in [6.45, 7) is 1.96. The number of allylic oxidation sites excluding steroid dienone is 2. The van der Waals surface area contributed by atoms with E-state index >= 15 is 0 Å². The summed E-state index contributed by atoms with van der Waals surface area (Å²) in [5.74, 6) is -2.28. The van der Waals surface area contributed by atoms with Crippen molar-refractivity contribution in [1.29, 1.82) is 0 Å². The molecule has 0 N–H and O–H groups in total. The fourth-order valence-electron chi connectivity index (χ4n) is 4.12. The van der Waals surface area contributed by atoms with Crippen LogP contribution in [0.1, 0.15) is 35.7 Å². The molecule has 1 fully saturated rings. The Morgan fingerprint density at radius 3 is 2.35 bits per heavy atom. The fourth-order valence-corrected chi connectivity index (χ4v) is 4.12. The van der Waals surface area contributed by atoms with E-state index < -0.39 is 22.7 Å². The molecule has 0 radical (unpaired) electrons. The molecule has 0 bridgehead atoms. The summed E-state index contributed by atoms with van der Waals surface area (Å²) in [6, 6.07) is 14.2. The lowest BCUT2D eigenvalue weighted by molar-refractivity contribution is -0.384. The number of amides is 3. The number of non-ortho nitro benzene ring substituents is 1. The quantitative estimate of drug-likeness (QED) is 0.320. The summed E-state index contributed by atoms with van der Waals surface area (Å²) in [5, 5.41) is 13.1. The number of rotatable bonds is 5. The van der Waals surface area contributed by atoms with Gasteiger partial charge in [0.2, 0.25) is 0 Å². The van der Waals surface area contributed by atoms with Crippen molar-refractivity contribution >= 4 is 23.4 Å². The molecule has 8 heteroatoms. The zero-order valence-electron chi connectivity index (χ0n) is 16.9. The highest BCUT2D eigenvalue weighted by atomic mass is 16.6. The number of nitrogens with zero attached hydrogens (tertiary/aromatic N) is 3. The van der Waals surface area contributed by atoms with Crippen LogP contribution in [0.3, 0.4) is 0 Å². The van der Waals surface area contributed by atoms with E-state index in [1.165, 1.54) is 24.3 Å². The van der Waals surface area contributed by atoms with Crippen LogP contribution < -0.4 is 0 Å². The lowest BCUT2D eigenvalue weighted by Gasteiger charge is -2.30. The number of benzene rings is 2. The highest BCUT2D eigenvalue weighted by Crippen LogP contribution is 2.39. The van der Waals surface area contributed by atoms with Crippen molar-refractivity contribution in [3.05, 3.63) is 87.5 Å². The molecule has 2 aliphatic rings. The minimum atomic E-state index is -0.566. The number of nitro groups is 1. The van der Waals surface area contributed by atoms with E-state index in [-0.39, 0.29) is 29.6 Å². The van der Waals surface area contributed by atoms with Crippen molar-refractivity contribution < 1.29 is 19.3 Å². The van der Waals surface area contributed by atoms with Crippen molar-refractivity contribution in [3.63, 3.8) is 0 Å². The van der Waals surface area contributed by atoms with Crippen LogP contribution in [0.25, 0.3) is 0 Å². The topological polar surface area (TPSA) is 101 Å². The highest BCUT2D eigenvalue weighted by molar-refractivity contribution is 6.08. The number of hydrogen-bond donors (Lipinski definition) is 0. The standard InChI is InChI=1S/C23H21N3O5/c1-15-7-12-19-20(13-15)23(29)25(22(19)28)24(14-16-5-3-2-4-6-16)21(27)17-8-10-18(11-9-17)26(30)31/h2-11,19-20H,12-14H2,1H3/t19-,20-/m0/s1. The van der Waals surface area contributed by atoms with Crippen LogP contribution in [0.2, 0.25) is 0 Å². The maximum atomic E-state index is 13.4. The Hall–Kier alpha value is -3.81. The monoisotopic (exact) mass is 419 g/mol. The van der Waals surface area contributed by atoms with Crippen LogP contribution in [-0.4, -0.2) is 32.7 Å². The van der Waals surface area contributed by atoms with Crippen LogP contribution in [0.5, 0.6) is 0 Å². The summed E-state index contributed by atoms with van der Waals surface area (Å²) in [7, 11) is 0. The van der Waals surface area contributed by atoms with E-state index in [1.807, 2.05) is 31.2 Å². The second kappa shape index (κ2) is 8.14. The molecule has 158 valence electrons. The molecule has 31 heavy (non-hydrogen) atoms. The first-order valence-corrected chi connectivity index (χ1v) is 10.0. The van der Waals surface area contributed by atoms with Crippen molar-refractivity contribution in [1.82, 2.24) is 10.0 Å². The summed E-state index contributed by atoms with van der Waals surface area (Å²) in [5.41, 5.74) is 1.82. The van der Waals surface area contributed by atoms with Gasteiger partial charge in [-0.05, 0) is 37.5 Å². The average molecular weight is 419 g/mol. The summed E-state index contributed by atoms with van der Waals surface area (Å²) < 4.78 is 0. The van der Waals surface area contributed by atoms with E-state index in [0.717, 1.165) is 21.2 Å². The van der Waals surface area contributed by atoms with Gasteiger partial charge in [-0.25, -0.2) is 5.01 Å². The lowest BCUT2D eigenvalue weighted by Crippen LogP contribution is -2.49. The Labute approximate surface area is 178 Å². The van der Waals surface area contributed by atoms with Gasteiger partial charge in [0.05, 0.1) is 23.3 Å². The van der Waals surface area contributed by atoms with Crippen LogP contribution in [0, 0.1) is 22.0 Å². The zero-order valence-corrected chi connectivity index (χ0v) is 16.9. The predicted octanol–water partition coefficient (Wildman–Crippen LogP) is 3.49. The molecule has 0 saturated carbocycles. The average Bonchev–Trinajstić information content (AvgIpc) is 3.02. The molecule has 3 amide bonds. The van der Waals surface area contributed by atoms with Crippen molar-refractivity contribution in [2.24, 2.45) is 11.8 Å². The first kappa shape index (κ1) is 20.5. The van der Waals surface area contributed by atoms with Crippen LogP contribution in [0.4, 0.5) is 5.69 Å². The molecular weight excluding hydrogens is 398 g/mol. The number of hydrogen-bond acceptors (Lipinski definition) is 5. The van der Waals surface area contributed by atoms with Gasteiger partial charge in [0.15, 0.2) is 0 Å². The number of carbonyl (C=O) groups is 3. The Bertz CT molecular complexity index is 1080. The molecule has 0 aromatic heterocycles. The zero-order chi connectivity index (χ0) is 22.1. The Balaban J connectivity index is 1.69. The van der Waals surface area contributed by atoms with Crippen LogP contribution in [-0.2, 0) is 16.1 Å². The first-order chi connectivity index (χ1) is 14.9. The Morgan fingerprint density at radius 2 is 1.71 bits per heavy atom. The third-order valence-electron chi connectivity index (χ3n) is 5.78. The molecule has 4 rings (SSSR count). The number of fused-ring (bicyclic) bond motifs is 1. The molecule has 8 nitrogen and oxygen atoms in total. The maximum Gasteiger partial charge on any atom is 0.273 e. The molecule has 1 aliphatic heterocycles. The van der Waals surface area contributed by atoms with Gasteiger partial charge >= 0.3 is 0 Å². The van der Waals surface area contributed by atoms with Gasteiger partial charge in [0.25, 0.3) is 23.4 Å². The molecule has 0 spiro atoms. The molecule has 0 unspecified atom stereocenters. The summed E-state index contributed by atoms with van der Waals surface area (Å²) in [4.78, 5) is 50.1. The molecule has 1 aliphatic carbocycles. The summed E-state index contributed by atoms with van der Waals surface area (Å²) in [6.07, 6.45) is 2.94. The van der Waals surface area contributed by atoms with Crippen molar-refractivity contribution in [3.8, 4) is 0 Å². The third-order valence-corrected chi connectivity index (χ3v) is 5.78. The van der Waals surface area contributed by atoms with E-state index in [2.05, 4.69) is 0 Å². The van der Waals surface area contributed by atoms with Gasteiger partial charge in [0.1, 0.15) is 0 Å². The van der Waals surface area contributed by atoms with Gasteiger partial charge in [-0.1, -0.05) is 42.0 Å². The van der Waals surface area contributed by atoms with Crippen LogP contribution in [0.15, 0.2) is 66.2 Å². The second-order valence-electron chi connectivity index (χ2n) is 7.84. The normalized spacial score (nSPS) is 20.3. The Kier molecular flexibility index (Phi) is 5.37. The van der Waals surface area contributed by atoms with E-state index in [4.69, 9.17) is 0 Å². The second-order valence-corrected chi connectivity index (χ2v) is 7.84. The minimum absolute atomic E-state index is 0.0278. The van der Waals surface area contributed by atoms with E-state index in [0.29, 0.717) is 12.8 Å². The molecule has 2 aromatic carbocycles. The molecular formula is C23H21N3O5. The maximum absolute atomic E-state index is 13.4. The number of imide groups is 1. The molecule has 2 atom stereocenters. The highest BCUT2D eigenvalue weighted by Gasteiger charge is 2.51. The van der Waals surface area contributed by atoms with Gasteiger partial charge in [-0.2, -0.15) is 5.01 Å². The van der Waals surface area contributed by atoms with Gasteiger partial charge in [0, 0.05) is 17.7 Å². The fraction of sp³-hybridized carbons (Fsp3) is 0.261. The molecule has 1 saturated heterocycles. The number of hydrazine groups is 1. The number of carbonyl (C=O) groups excluding carboxylic acids is 3. The first-order valence-electron chi connectivity index (χ1n) is 10.0. The van der Waals surface area contributed by atoms with E-state index in [1.54, 1.807) is 12.1 Å². The van der Waals surface area contributed by atoms with Gasteiger partial charge in [-0.15, -0.1) is 0 Å². The molecule has 2 aromatic rings. The van der Waals surface area contributed by atoms with Gasteiger partial charge in [-0.3, -0.25) is 24.5 Å². The van der Waals surface area contributed by atoms with E-state index in [9.17, 15) is 24.5 Å². The summed E-state index contributed by atoms with van der Waals surface area (Å²) >= 11 is 0. The Morgan fingerprint density at radius 1 is 1.06 bits per heavy atom. The number of nitro benzene ring substituents is 1. The van der Waals surface area contributed by atoms with Crippen LogP contribution >= 0.6 is 0 Å². The minimum Gasteiger partial charge on any atom is -0.272 e. The largest absolute Gasteiger partial charge is 0.273 e. The lowest BCUT2D eigenvalue weighted by atomic mass is 9.82. The smallest absolute Gasteiger partial charge is 0.272 e. The van der Waals surface area contributed by atoms with Crippen molar-refractivity contribution in [2.45, 2.75) is 26.3 Å².